The Morgan fingerprint density at radius 3 is 2.81 bits per heavy atom. The average Bonchev–Trinajstić information content (AvgIpc) is 2.27. The lowest BCUT2D eigenvalue weighted by molar-refractivity contribution is 0.398. The van der Waals surface area contributed by atoms with E-state index in [0.717, 1.165) is 31.0 Å². The molecule has 0 aliphatic carbocycles. The molecule has 2 rings (SSSR count). The maximum atomic E-state index is 13.3. The third-order valence-electron chi connectivity index (χ3n) is 3.30. The quantitative estimate of drug-likeness (QED) is 0.816. The third kappa shape index (κ3) is 2.59. The van der Waals surface area contributed by atoms with Crippen LogP contribution in [-0.2, 0) is 6.42 Å². The molecule has 1 unspecified atom stereocenters. The van der Waals surface area contributed by atoms with Gasteiger partial charge in [0.15, 0.2) is 0 Å². The molecular weight excluding hydrogens is 208 g/mol. The standard InChI is InChI=1S/C13H17F2N/c1-9-10(6-11(14)8-13(9)15)7-12-4-2-3-5-16-12/h6,8,12,16H,2-5,7H2,1H3. The number of hydrogen-bond acceptors (Lipinski definition) is 1. The number of hydrogen-bond donors (Lipinski definition) is 1. The van der Waals surface area contributed by atoms with Crippen LogP contribution in [0.4, 0.5) is 8.78 Å². The molecule has 0 spiro atoms. The summed E-state index contributed by atoms with van der Waals surface area (Å²) in [4.78, 5) is 0. The predicted octanol–water partition coefficient (Wildman–Crippen LogP) is 2.96. The zero-order chi connectivity index (χ0) is 11.5. The summed E-state index contributed by atoms with van der Waals surface area (Å²) in [5, 5.41) is 3.39. The number of halogens is 2. The van der Waals surface area contributed by atoms with Crippen molar-refractivity contribution in [1.29, 1.82) is 0 Å². The van der Waals surface area contributed by atoms with Gasteiger partial charge in [-0.1, -0.05) is 6.42 Å². The van der Waals surface area contributed by atoms with E-state index in [-0.39, 0.29) is 0 Å². The van der Waals surface area contributed by atoms with Crippen molar-refractivity contribution < 1.29 is 8.78 Å². The highest BCUT2D eigenvalue weighted by Gasteiger charge is 2.15. The van der Waals surface area contributed by atoms with Gasteiger partial charge in [0, 0.05) is 12.1 Å². The summed E-state index contributed by atoms with van der Waals surface area (Å²) in [6.07, 6.45) is 4.22. The Morgan fingerprint density at radius 1 is 1.31 bits per heavy atom. The SMILES string of the molecule is Cc1c(F)cc(F)cc1CC1CCCCN1. The van der Waals surface area contributed by atoms with Crippen molar-refractivity contribution in [2.45, 2.75) is 38.6 Å². The molecule has 1 aromatic carbocycles. The minimum absolute atomic E-state index is 0.369. The fourth-order valence-electron chi connectivity index (χ4n) is 2.27. The number of piperidine rings is 1. The van der Waals surface area contributed by atoms with Gasteiger partial charge < -0.3 is 5.32 Å². The molecule has 0 saturated carbocycles. The molecule has 1 nitrogen and oxygen atoms in total. The van der Waals surface area contributed by atoms with Gasteiger partial charge in [-0.25, -0.2) is 8.78 Å². The fraction of sp³-hybridized carbons (Fsp3) is 0.538. The molecule has 1 saturated heterocycles. The lowest BCUT2D eigenvalue weighted by Crippen LogP contribution is -2.35. The van der Waals surface area contributed by atoms with Gasteiger partial charge in [0.05, 0.1) is 0 Å². The minimum atomic E-state index is -0.478. The van der Waals surface area contributed by atoms with Crippen molar-refractivity contribution in [3.8, 4) is 0 Å². The van der Waals surface area contributed by atoms with E-state index in [0.29, 0.717) is 11.6 Å². The van der Waals surface area contributed by atoms with Crippen molar-refractivity contribution >= 4 is 0 Å². The first kappa shape index (κ1) is 11.5. The molecule has 0 radical (unpaired) electrons. The van der Waals surface area contributed by atoms with E-state index >= 15 is 0 Å². The molecule has 3 heteroatoms. The van der Waals surface area contributed by atoms with Crippen molar-refractivity contribution in [3.63, 3.8) is 0 Å². The Hall–Kier alpha value is -0.960. The summed E-state index contributed by atoms with van der Waals surface area (Å²) in [6.45, 7) is 2.73. The first-order valence-electron chi connectivity index (χ1n) is 5.84. The largest absolute Gasteiger partial charge is 0.314 e. The Kier molecular flexibility index (Phi) is 3.54. The second-order valence-electron chi connectivity index (χ2n) is 4.52. The molecule has 16 heavy (non-hydrogen) atoms. The van der Waals surface area contributed by atoms with E-state index in [1.54, 1.807) is 6.92 Å². The van der Waals surface area contributed by atoms with E-state index in [1.807, 2.05) is 0 Å². The number of benzene rings is 1. The summed E-state index contributed by atoms with van der Waals surface area (Å²) in [5.74, 6) is -0.917. The highest BCUT2D eigenvalue weighted by molar-refractivity contribution is 5.29. The van der Waals surface area contributed by atoms with Gasteiger partial charge in [0.1, 0.15) is 11.6 Å². The van der Waals surface area contributed by atoms with Crippen LogP contribution in [0.15, 0.2) is 12.1 Å². The molecular formula is C13H17F2N. The van der Waals surface area contributed by atoms with Crippen LogP contribution in [-0.4, -0.2) is 12.6 Å². The number of rotatable bonds is 2. The zero-order valence-corrected chi connectivity index (χ0v) is 9.52. The van der Waals surface area contributed by atoms with Crippen LogP contribution >= 0.6 is 0 Å². The highest BCUT2D eigenvalue weighted by atomic mass is 19.1. The number of nitrogens with one attached hydrogen (secondary N) is 1. The van der Waals surface area contributed by atoms with Crippen molar-refractivity contribution in [2.75, 3.05) is 6.54 Å². The molecule has 1 aliphatic rings. The van der Waals surface area contributed by atoms with E-state index in [2.05, 4.69) is 5.32 Å². The van der Waals surface area contributed by atoms with Crippen LogP contribution < -0.4 is 5.32 Å². The molecule has 1 N–H and O–H groups in total. The molecule has 0 aromatic heterocycles. The molecule has 88 valence electrons. The molecule has 1 atom stereocenters. The summed E-state index contributed by atoms with van der Waals surface area (Å²) in [6, 6.07) is 2.77. The lowest BCUT2D eigenvalue weighted by atomic mass is 9.95. The Morgan fingerprint density at radius 2 is 2.12 bits per heavy atom. The Labute approximate surface area is 94.9 Å². The molecule has 0 bridgehead atoms. The Balaban J connectivity index is 2.13. The van der Waals surface area contributed by atoms with Crippen LogP contribution in [0, 0.1) is 18.6 Å². The van der Waals surface area contributed by atoms with Crippen molar-refractivity contribution in [3.05, 3.63) is 34.9 Å². The summed E-state index contributed by atoms with van der Waals surface area (Å²) in [5.41, 5.74) is 1.37. The smallest absolute Gasteiger partial charge is 0.129 e. The molecule has 1 heterocycles. The summed E-state index contributed by atoms with van der Waals surface area (Å²) < 4.78 is 26.4. The van der Waals surface area contributed by atoms with Gasteiger partial charge in [-0.05, 0) is 49.9 Å². The van der Waals surface area contributed by atoms with Gasteiger partial charge in [0.25, 0.3) is 0 Å². The van der Waals surface area contributed by atoms with Crippen molar-refractivity contribution in [2.24, 2.45) is 0 Å². The first-order valence-corrected chi connectivity index (χ1v) is 5.84. The van der Waals surface area contributed by atoms with E-state index in [1.165, 1.54) is 18.9 Å². The second-order valence-corrected chi connectivity index (χ2v) is 4.52. The lowest BCUT2D eigenvalue weighted by Gasteiger charge is -2.24. The summed E-state index contributed by atoms with van der Waals surface area (Å²) >= 11 is 0. The van der Waals surface area contributed by atoms with E-state index in [4.69, 9.17) is 0 Å². The van der Waals surface area contributed by atoms with Crippen LogP contribution in [0.3, 0.4) is 0 Å². The second kappa shape index (κ2) is 4.91. The molecule has 1 aliphatic heterocycles. The topological polar surface area (TPSA) is 12.0 Å². The monoisotopic (exact) mass is 225 g/mol. The normalized spacial score (nSPS) is 21.1. The predicted molar refractivity (Wildman–Crippen MR) is 60.4 cm³/mol. The van der Waals surface area contributed by atoms with Gasteiger partial charge in [-0.3, -0.25) is 0 Å². The van der Waals surface area contributed by atoms with E-state index < -0.39 is 11.6 Å². The van der Waals surface area contributed by atoms with Crippen LogP contribution in [0.5, 0.6) is 0 Å². The maximum Gasteiger partial charge on any atom is 0.129 e. The average molecular weight is 225 g/mol. The summed E-state index contributed by atoms with van der Waals surface area (Å²) in [7, 11) is 0. The molecule has 1 fully saturated rings. The minimum Gasteiger partial charge on any atom is -0.314 e. The van der Waals surface area contributed by atoms with Gasteiger partial charge >= 0.3 is 0 Å². The van der Waals surface area contributed by atoms with Gasteiger partial charge in [-0.2, -0.15) is 0 Å². The van der Waals surface area contributed by atoms with Crippen molar-refractivity contribution in [1.82, 2.24) is 5.32 Å². The highest BCUT2D eigenvalue weighted by Crippen LogP contribution is 2.19. The van der Waals surface area contributed by atoms with Crippen LogP contribution in [0.2, 0.25) is 0 Å². The Bertz CT molecular complexity index is 370. The van der Waals surface area contributed by atoms with E-state index in [9.17, 15) is 8.78 Å². The zero-order valence-electron chi connectivity index (χ0n) is 9.52. The van der Waals surface area contributed by atoms with Crippen LogP contribution in [0.1, 0.15) is 30.4 Å². The maximum absolute atomic E-state index is 13.3. The van der Waals surface area contributed by atoms with Crippen LogP contribution in [0.25, 0.3) is 0 Å². The third-order valence-corrected chi connectivity index (χ3v) is 3.30. The first-order chi connectivity index (χ1) is 7.66. The molecule has 1 aromatic rings. The van der Waals surface area contributed by atoms with Gasteiger partial charge in [-0.15, -0.1) is 0 Å². The van der Waals surface area contributed by atoms with Gasteiger partial charge in [0.2, 0.25) is 0 Å². The molecule has 0 amide bonds. The fourth-order valence-corrected chi connectivity index (χ4v) is 2.27.